The Morgan fingerprint density at radius 2 is 1.86 bits per heavy atom. The van der Waals surface area contributed by atoms with Crippen molar-refractivity contribution in [2.45, 2.75) is 12.8 Å². The third-order valence-corrected chi connectivity index (χ3v) is 5.71. The molecule has 6 nitrogen and oxygen atoms in total. The van der Waals surface area contributed by atoms with Crippen LogP contribution in [0, 0.1) is 0 Å². The lowest BCUT2D eigenvalue weighted by atomic mass is 10.1. The maximum atomic E-state index is 12.1. The summed E-state index contributed by atoms with van der Waals surface area (Å²) in [4.78, 5) is 12.1. The lowest BCUT2D eigenvalue weighted by molar-refractivity contribution is 0.0953. The topological polar surface area (TPSA) is 84.5 Å². The number of benzene rings is 2. The smallest absolute Gasteiger partial charge is 0.251 e. The number of amides is 1. The molecule has 0 aliphatic rings. The van der Waals surface area contributed by atoms with Crippen LogP contribution in [0.25, 0.3) is 0 Å². The molecular formula is C19H22Cl2N3O3S-. The lowest BCUT2D eigenvalue weighted by Gasteiger charge is -2.26. The molecule has 2 aromatic carbocycles. The van der Waals surface area contributed by atoms with Crippen LogP contribution in [-0.2, 0) is 17.7 Å². The maximum absolute atomic E-state index is 12.1. The van der Waals surface area contributed by atoms with E-state index in [2.05, 4.69) is 10.6 Å². The van der Waals surface area contributed by atoms with Crippen LogP contribution in [0.3, 0.4) is 0 Å². The maximum Gasteiger partial charge on any atom is 0.251 e. The number of hydrogen-bond donors (Lipinski definition) is 2. The molecule has 0 aliphatic carbocycles. The highest BCUT2D eigenvalue weighted by Gasteiger charge is 2.12. The van der Waals surface area contributed by atoms with Crippen molar-refractivity contribution in [2.75, 3.05) is 31.0 Å². The van der Waals surface area contributed by atoms with Crippen molar-refractivity contribution < 1.29 is 13.6 Å². The van der Waals surface area contributed by atoms with E-state index in [1.807, 2.05) is 13.1 Å². The molecule has 1 amide bonds. The summed E-state index contributed by atoms with van der Waals surface area (Å²) in [5, 5.41) is 6.69. The van der Waals surface area contributed by atoms with Crippen LogP contribution in [0.2, 0.25) is 10.0 Å². The van der Waals surface area contributed by atoms with Gasteiger partial charge in [0.15, 0.2) is 0 Å². The molecule has 0 spiro atoms. The van der Waals surface area contributed by atoms with Crippen molar-refractivity contribution >= 4 is 46.1 Å². The molecule has 0 heterocycles. The zero-order chi connectivity index (χ0) is 20.5. The summed E-state index contributed by atoms with van der Waals surface area (Å²) in [6, 6.07) is 11.7. The van der Waals surface area contributed by atoms with E-state index < -0.39 is 11.3 Å². The summed E-state index contributed by atoms with van der Waals surface area (Å²) in [6.45, 7) is 1.59. The van der Waals surface area contributed by atoms with Crippen molar-refractivity contribution in [3.05, 3.63) is 63.6 Å². The Labute approximate surface area is 177 Å². The number of nitrogens with one attached hydrogen (secondary N) is 2. The van der Waals surface area contributed by atoms with E-state index in [1.54, 1.807) is 36.4 Å². The fourth-order valence-electron chi connectivity index (χ4n) is 2.60. The molecule has 1 unspecified atom stereocenters. The van der Waals surface area contributed by atoms with Crippen molar-refractivity contribution in [1.29, 1.82) is 0 Å². The van der Waals surface area contributed by atoms with Gasteiger partial charge in [-0.25, -0.2) is 0 Å². The molecule has 1 atom stereocenters. The fraction of sp³-hybridized carbons (Fsp3) is 0.316. The normalized spacial score (nSPS) is 11.9. The predicted octanol–water partition coefficient (Wildman–Crippen LogP) is 3.18. The molecule has 0 saturated heterocycles. The zero-order valence-corrected chi connectivity index (χ0v) is 17.7. The summed E-state index contributed by atoms with van der Waals surface area (Å²) in [5.74, 6) is -0.192. The number of hydrogen-bond acceptors (Lipinski definition) is 4. The average Bonchev–Trinajstić information content (AvgIpc) is 2.68. The van der Waals surface area contributed by atoms with Gasteiger partial charge in [0.05, 0.1) is 10.0 Å². The molecule has 0 aliphatic heterocycles. The SMILES string of the molecule is CNCCCNC(=O)c1ccc(N(CCc2cccc(Cl)c2Cl)S(=O)[O-])cc1. The quantitative estimate of drug-likeness (QED) is 0.437. The summed E-state index contributed by atoms with van der Waals surface area (Å²) in [7, 11) is 1.85. The molecule has 2 aromatic rings. The fourth-order valence-corrected chi connectivity index (χ4v) is 3.55. The molecule has 152 valence electrons. The summed E-state index contributed by atoms with van der Waals surface area (Å²) >= 11 is 9.70. The van der Waals surface area contributed by atoms with Gasteiger partial charge in [-0.3, -0.25) is 9.00 Å². The van der Waals surface area contributed by atoms with Crippen molar-refractivity contribution in [3.63, 3.8) is 0 Å². The average molecular weight is 443 g/mol. The second kappa shape index (κ2) is 11.4. The second-order valence-corrected chi connectivity index (χ2v) is 7.70. The van der Waals surface area contributed by atoms with Crippen LogP contribution >= 0.6 is 23.2 Å². The predicted molar refractivity (Wildman–Crippen MR) is 114 cm³/mol. The van der Waals surface area contributed by atoms with Gasteiger partial charge in [0.25, 0.3) is 5.91 Å². The van der Waals surface area contributed by atoms with E-state index >= 15 is 0 Å². The van der Waals surface area contributed by atoms with Gasteiger partial charge >= 0.3 is 0 Å². The molecule has 0 fully saturated rings. The summed E-state index contributed by atoms with van der Waals surface area (Å²) in [5.41, 5.74) is 1.71. The number of anilines is 1. The van der Waals surface area contributed by atoms with E-state index in [4.69, 9.17) is 23.2 Å². The van der Waals surface area contributed by atoms with Crippen LogP contribution < -0.4 is 14.9 Å². The molecule has 2 N–H and O–H groups in total. The highest BCUT2D eigenvalue weighted by Crippen LogP contribution is 2.26. The highest BCUT2D eigenvalue weighted by molar-refractivity contribution is 7.80. The Bertz CT molecular complexity index is 819. The van der Waals surface area contributed by atoms with Crippen LogP contribution in [0.4, 0.5) is 5.69 Å². The van der Waals surface area contributed by atoms with Gasteiger partial charge < -0.3 is 19.5 Å². The van der Waals surface area contributed by atoms with Crippen molar-refractivity contribution in [3.8, 4) is 0 Å². The van der Waals surface area contributed by atoms with Crippen LogP contribution in [-0.4, -0.2) is 41.4 Å². The van der Waals surface area contributed by atoms with E-state index in [0.717, 1.165) is 18.5 Å². The van der Waals surface area contributed by atoms with E-state index in [9.17, 15) is 13.6 Å². The first-order valence-corrected chi connectivity index (χ1v) is 10.6. The standard InChI is InChI=1S/C19H23Cl2N3O3S/c1-22-11-3-12-23-19(25)15-6-8-16(9-7-15)24(28(26)27)13-10-14-4-2-5-17(20)18(14)21/h2,4-9,22H,3,10-13H2,1H3,(H,23,25)(H,26,27)/p-1. The van der Waals surface area contributed by atoms with Gasteiger partial charge in [-0.05, 0) is 62.3 Å². The largest absolute Gasteiger partial charge is 0.755 e. The first-order chi connectivity index (χ1) is 13.4. The third kappa shape index (κ3) is 6.46. The third-order valence-electron chi connectivity index (χ3n) is 4.10. The van der Waals surface area contributed by atoms with E-state index in [1.165, 1.54) is 4.31 Å². The van der Waals surface area contributed by atoms with Gasteiger partial charge in [0.1, 0.15) is 0 Å². The number of nitrogens with zero attached hydrogens (tertiary/aromatic N) is 1. The Morgan fingerprint density at radius 1 is 1.14 bits per heavy atom. The monoisotopic (exact) mass is 442 g/mol. The van der Waals surface area contributed by atoms with Gasteiger partial charge in [-0.15, -0.1) is 0 Å². The van der Waals surface area contributed by atoms with Gasteiger partial charge in [0.2, 0.25) is 0 Å². The number of rotatable bonds is 10. The van der Waals surface area contributed by atoms with Crippen molar-refractivity contribution in [1.82, 2.24) is 10.6 Å². The second-order valence-electron chi connectivity index (χ2n) is 6.04. The molecular weight excluding hydrogens is 421 g/mol. The van der Waals surface area contributed by atoms with Crippen LogP contribution in [0.1, 0.15) is 22.3 Å². The molecule has 2 rings (SSSR count). The van der Waals surface area contributed by atoms with Gasteiger partial charge in [-0.2, -0.15) is 0 Å². The molecule has 28 heavy (non-hydrogen) atoms. The minimum atomic E-state index is -2.46. The Balaban J connectivity index is 2.02. The van der Waals surface area contributed by atoms with Crippen molar-refractivity contribution in [2.24, 2.45) is 0 Å². The Hall–Kier alpha value is -1.64. The minimum Gasteiger partial charge on any atom is -0.755 e. The summed E-state index contributed by atoms with van der Waals surface area (Å²) in [6.07, 6.45) is 1.23. The van der Waals surface area contributed by atoms with Crippen LogP contribution in [0.15, 0.2) is 42.5 Å². The molecule has 0 saturated carbocycles. The number of carbonyl (C=O) groups excluding carboxylic acids is 1. The van der Waals surface area contributed by atoms with Crippen LogP contribution in [0.5, 0.6) is 0 Å². The first-order valence-electron chi connectivity index (χ1n) is 8.76. The minimum absolute atomic E-state index is 0.192. The zero-order valence-electron chi connectivity index (χ0n) is 15.4. The first kappa shape index (κ1) is 22.6. The molecule has 9 heteroatoms. The molecule has 0 bridgehead atoms. The Kier molecular flexibility index (Phi) is 9.21. The number of carbonyl (C=O) groups is 1. The Morgan fingerprint density at radius 3 is 2.50 bits per heavy atom. The van der Waals surface area contributed by atoms with Gasteiger partial charge in [-0.1, -0.05) is 35.3 Å². The molecule has 0 aromatic heterocycles. The van der Waals surface area contributed by atoms with Gasteiger partial charge in [0, 0.05) is 35.6 Å². The number of halogens is 2. The van der Waals surface area contributed by atoms with E-state index in [-0.39, 0.29) is 12.5 Å². The highest BCUT2D eigenvalue weighted by atomic mass is 35.5. The van der Waals surface area contributed by atoms with E-state index in [0.29, 0.717) is 34.3 Å². The summed E-state index contributed by atoms with van der Waals surface area (Å²) < 4.78 is 24.6. The lowest BCUT2D eigenvalue weighted by Crippen LogP contribution is -2.28. The molecule has 0 radical (unpaired) electrons.